The van der Waals surface area contributed by atoms with Crippen LogP contribution < -0.4 is 0 Å². The number of hydrogen-bond acceptors (Lipinski definition) is 2. The van der Waals surface area contributed by atoms with E-state index in [9.17, 15) is 4.79 Å². The Morgan fingerprint density at radius 2 is 2.21 bits per heavy atom. The molecule has 2 rings (SSSR count). The molecule has 2 nitrogen and oxygen atoms in total. The zero-order valence-corrected chi connectivity index (χ0v) is 14.1. The second-order valence-electron chi connectivity index (χ2n) is 4.18. The van der Waals surface area contributed by atoms with E-state index in [4.69, 9.17) is 11.6 Å². The maximum absolute atomic E-state index is 12.3. The van der Waals surface area contributed by atoms with E-state index < -0.39 is 0 Å². The quantitative estimate of drug-likeness (QED) is 0.694. The standard InChI is InChI=1S/C14H13ClINOS/c1-17(7-6-11-3-2-8-19-11)14(18)12-9-10(15)4-5-13(12)16/h2-5,8-9H,6-7H2,1H3. The Balaban J connectivity index is 2.04. The number of likely N-dealkylation sites (N-methyl/N-ethyl adjacent to an activating group) is 1. The van der Waals surface area contributed by atoms with Crippen LogP contribution in [0.3, 0.4) is 0 Å². The molecular formula is C14H13ClINOS. The van der Waals surface area contributed by atoms with Crippen LogP contribution in [0.4, 0.5) is 0 Å². The summed E-state index contributed by atoms with van der Waals surface area (Å²) in [5.41, 5.74) is 0.668. The molecular weight excluding hydrogens is 393 g/mol. The Labute approximate surface area is 135 Å². The lowest BCUT2D eigenvalue weighted by Gasteiger charge is -2.17. The van der Waals surface area contributed by atoms with Crippen LogP contribution in [0, 0.1) is 3.57 Å². The van der Waals surface area contributed by atoms with Gasteiger partial charge in [-0.25, -0.2) is 0 Å². The van der Waals surface area contributed by atoms with E-state index in [1.807, 2.05) is 19.2 Å². The smallest absolute Gasteiger partial charge is 0.254 e. The van der Waals surface area contributed by atoms with Gasteiger partial charge in [-0.3, -0.25) is 4.79 Å². The summed E-state index contributed by atoms with van der Waals surface area (Å²) in [7, 11) is 1.83. The molecule has 0 unspecified atom stereocenters. The maximum atomic E-state index is 12.3. The molecule has 2 aromatic rings. The van der Waals surface area contributed by atoms with Crippen molar-refractivity contribution < 1.29 is 4.79 Å². The Morgan fingerprint density at radius 3 is 2.89 bits per heavy atom. The topological polar surface area (TPSA) is 20.3 Å². The van der Waals surface area contributed by atoms with E-state index in [2.05, 4.69) is 34.0 Å². The number of thiophene rings is 1. The van der Waals surface area contributed by atoms with Crippen molar-refractivity contribution >= 4 is 51.4 Å². The number of halogens is 2. The molecule has 0 radical (unpaired) electrons. The third kappa shape index (κ3) is 3.94. The number of carbonyl (C=O) groups is 1. The summed E-state index contributed by atoms with van der Waals surface area (Å²) in [5.74, 6) is 0.0171. The SMILES string of the molecule is CN(CCc1cccs1)C(=O)c1cc(Cl)ccc1I. The highest BCUT2D eigenvalue weighted by molar-refractivity contribution is 14.1. The highest BCUT2D eigenvalue weighted by Crippen LogP contribution is 2.19. The molecule has 0 spiro atoms. The van der Waals surface area contributed by atoms with Crippen molar-refractivity contribution in [3.63, 3.8) is 0 Å². The first-order valence-corrected chi connectivity index (χ1v) is 8.14. The average molecular weight is 406 g/mol. The van der Waals surface area contributed by atoms with Crippen molar-refractivity contribution in [2.24, 2.45) is 0 Å². The van der Waals surface area contributed by atoms with Gasteiger partial charge in [0.25, 0.3) is 5.91 Å². The summed E-state index contributed by atoms with van der Waals surface area (Å²) in [4.78, 5) is 15.4. The minimum atomic E-state index is 0.0171. The summed E-state index contributed by atoms with van der Waals surface area (Å²) in [5, 5.41) is 2.65. The highest BCUT2D eigenvalue weighted by Gasteiger charge is 2.15. The number of hydrogen-bond donors (Lipinski definition) is 0. The summed E-state index contributed by atoms with van der Waals surface area (Å²) in [6.45, 7) is 0.710. The lowest BCUT2D eigenvalue weighted by atomic mass is 10.2. The first kappa shape index (κ1) is 14.8. The van der Waals surface area contributed by atoms with Crippen LogP contribution in [-0.2, 0) is 6.42 Å². The van der Waals surface area contributed by atoms with Crippen molar-refractivity contribution in [2.45, 2.75) is 6.42 Å². The minimum Gasteiger partial charge on any atom is -0.341 e. The summed E-state index contributed by atoms with van der Waals surface area (Å²) in [6.07, 6.45) is 0.886. The summed E-state index contributed by atoms with van der Waals surface area (Å²) < 4.78 is 0.926. The predicted octanol–water partition coefficient (Wildman–Crippen LogP) is 4.32. The van der Waals surface area contributed by atoms with Gasteiger partial charge in [0.2, 0.25) is 0 Å². The highest BCUT2D eigenvalue weighted by atomic mass is 127. The van der Waals surface area contributed by atoms with Crippen molar-refractivity contribution in [1.29, 1.82) is 0 Å². The molecule has 1 aromatic carbocycles. The molecule has 0 aliphatic heterocycles. The first-order chi connectivity index (χ1) is 9.08. The van der Waals surface area contributed by atoms with Crippen molar-refractivity contribution in [2.75, 3.05) is 13.6 Å². The van der Waals surface area contributed by atoms with Crippen LogP contribution in [0.25, 0.3) is 0 Å². The zero-order valence-electron chi connectivity index (χ0n) is 10.4. The molecule has 19 heavy (non-hydrogen) atoms. The molecule has 0 saturated carbocycles. The molecule has 0 aliphatic carbocycles. The maximum Gasteiger partial charge on any atom is 0.254 e. The minimum absolute atomic E-state index is 0.0171. The van der Waals surface area contributed by atoms with Gasteiger partial charge in [0.1, 0.15) is 0 Å². The fraction of sp³-hybridized carbons (Fsp3) is 0.214. The van der Waals surface area contributed by atoms with Crippen molar-refractivity contribution in [1.82, 2.24) is 4.90 Å². The number of nitrogens with zero attached hydrogens (tertiary/aromatic N) is 1. The fourth-order valence-electron chi connectivity index (χ4n) is 1.70. The molecule has 0 N–H and O–H groups in total. The zero-order chi connectivity index (χ0) is 13.8. The van der Waals surface area contributed by atoms with Gasteiger partial charge in [-0.1, -0.05) is 17.7 Å². The van der Waals surface area contributed by atoms with Gasteiger partial charge in [0.05, 0.1) is 5.56 Å². The number of rotatable bonds is 4. The van der Waals surface area contributed by atoms with Crippen LogP contribution in [-0.4, -0.2) is 24.4 Å². The fourth-order valence-corrected chi connectivity index (χ4v) is 3.14. The lowest BCUT2D eigenvalue weighted by molar-refractivity contribution is 0.0796. The Morgan fingerprint density at radius 1 is 1.42 bits per heavy atom. The molecule has 100 valence electrons. The van der Waals surface area contributed by atoms with Crippen molar-refractivity contribution in [3.05, 3.63) is 54.7 Å². The Kier molecular flexibility index (Phi) is 5.24. The van der Waals surface area contributed by atoms with Crippen LogP contribution >= 0.6 is 45.5 Å². The van der Waals surface area contributed by atoms with E-state index in [-0.39, 0.29) is 5.91 Å². The van der Waals surface area contributed by atoms with Gasteiger partial charge in [0.15, 0.2) is 0 Å². The second kappa shape index (κ2) is 6.72. The van der Waals surface area contributed by atoms with E-state index in [1.54, 1.807) is 28.4 Å². The van der Waals surface area contributed by atoms with E-state index in [0.717, 1.165) is 9.99 Å². The van der Waals surface area contributed by atoms with Crippen molar-refractivity contribution in [3.8, 4) is 0 Å². The molecule has 0 fully saturated rings. The van der Waals surface area contributed by atoms with Crippen LogP contribution in [0.1, 0.15) is 15.2 Å². The Hall–Kier alpha value is -0.590. The van der Waals surface area contributed by atoms with Crippen LogP contribution in [0.2, 0.25) is 5.02 Å². The molecule has 0 atom stereocenters. The van der Waals surface area contributed by atoms with Crippen LogP contribution in [0.15, 0.2) is 35.7 Å². The molecule has 1 amide bonds. The molecule has 1 aromatic heterocycles. The number of benzene rings is 1. The second-order valence-corrected chi connectivity index (χ2v) is 6.81. The molecule has 0 aliphatic rings. The van der Waals surface area contributed by atoms with E-state index in [0.29, 0.717) is 17.1 Å². The molecule has 0 saturated heterocycles. The van der Waals surface area contributed by atoms with Gasteiger partial charge in [0, 0.05) is 27.1 Å². The van der Waals surface area contributed by atoms with Gasteiger partial charge >= 0.3 is 0 Å². The van der Waals surface area contributed by atoms with Gasteiger partial charge in [-0.2, -0.15) is 0 Å². The summed E-state index contributed by atoms with van der Waals surface area (Å²) in [6, 6.07) is 9.51. The normalized spacial score (nSPS) is 10.5. The van der Waals surface area contributed by atoms with E-state index in [1.165, 1.54) is 4.88 Å². The monoisotopic (exact) mass is 405 g/mol. The molecule has 5 heteroatoms. The molecule has 0 bridgehead atoms. The van der Waals surface area contributed by atoms with E-state index >= 15 is 0 Å². The largest absolute Gasteiger partial charge is 0.341 e. The predicted molar refractivity (Wildman–Crippen MR) is 89.2 cm³/mol. The Bertz CT molecular complexity index is 571. The average Bonchev–Trinajstić information content (AvgIpc) is 2.91. The third-order valence-corrected chi connectivity index (χ3v) is 4.89. The van der Waals surface area contributed by atoms with Gasteiger partial charge < -0.3 is 4.90 Å². The van der Waals surface area contributed by atoms with Gasteiger partial charge in [-0.05, 0) is 58.7 Å². The number of carbonyl (C=O) groups excluding carboxylic acids is 1. The van der Waals surface area contributed by atoms with Crippen LogP contribution in [0.5, 0.6) is 0 Å². The van der Waals surface area contributed by atoms with Gasteiger partial charge in [-0.15, -0.1) is 11.3 Å². The number of amides is 1. The lowest BCUT2D eigenvalue weighted by Crippen LogP contribution is -2.29. The third-order valence-electron chi connectivity index (χ3n) is 2.78. The summed E-state index contributed by atoms with van der Waals surface area (Å²) >= 11 is 9.83. The molecule has 1 heterocycles. The first-order valence-electron chi connectivity index (χ1n) is 5.81.